The number of hydrogen-bond acceptors (Lipinski definition) is 5. The Morgan fingerprint density at radius 2 is 1.71 bits per heavy atom. The van der Waals surface area contributed by atoms with Gasteiger partial charge in [0.05, 0.1) is 36.5 Å². The molecular formula is C14H14N4S2Si. The lowest BCUT2D eigenvalue weighted by Crippen LogP contribution is -2.57. The zero-order valence-electron chi connectivity index (χ0n) is 11.9. The van der Waals surface area contributed by atoms with Crippen molar-refractivity contribution in [3.63, 3.8) is 0 Å². The number of aryl methyl sites for hydroxylation is 2. The summed E-state index contributed by atoms with van der Waals surface area (Å²) in [7, 11) is -2.11. The van der Waals surface area contributed by atoms with Crippen LogP contribution in [0, 0.1) is 31.8 Å². The molecule has 1 aliphatic heterocycles. The second kappa shape index (κ2) is 5.34. The molecule has 7 heteroatoms. The molecule has 0 bridgehead atoms. The first-order chi connectivity index (χ1) is 10.1. The summed E-state index contributed by atoms with van der Waals surface area (Å²) in [5, 5.41) is 13.6. The summed E-state index contributed by atoms with van der Waals surface area (Å²) in [5.74, 6) is 0. The van der Waals surface area contributed by atoms with Gasteiger partial charge in [-0.05, 0) is 19.9 Å². The summed E-state index contributed by atoms with van der Waals surface area (Å²) in [6, 6.07) is 3.96. The normalized spacial score (nSPS) is 14.3. The van der Waals surface area contributed by atoms with E-state index in [9.17, 15) is 0 Å². The highest BCUT2D eigenvalue weighted by atomic mass is 32.1. The van der Waals surface area contributed by atoms with E-state index in [1.54, 1.807) is 22.7 Å². The molecule has 0 N–H and O–H groups in total. The Morgan fingerprint density at radius 3 is 2.19 bits per heavy atom. The van der Waals surface area contributed by atoms with Crippen LogP contribution in [-0.4, -0.2) is 24.6 Å². The van der Waals surface area contributed by atoms with E-state index in [2.05, 4.69) is 10.9 Å². The van der Waals surface area contributed by atoms with E-state index in [0.29, 0.717) is 13.0 Å². The SMILES string of the molecule is [C-]#[N+]CC[Si]1(CCC#N)c2nc(C)sc2-c2sc(C)nc21. The molecule has 3 rings (SSSR count). The van der Waals surface area contributed by atoms with E-state index in [0.717, 1.165) is 22.1 Å². The highest BCUT2D eigenvalue weighted by molar-refractivity contribution is 7.28. The molecule has 2 aromatic rings. The molecule has 3 heterocycles. The average molecular weight is 331 g/mol. The highest BCUT2D eigenvalue weighted by Crippen LogP contribution is 2.39. The molecule has 0 radical (unpaired) electrons. The monoisotopic (exact) mass is 330 g/mol. The molecule has 0 aliphatic carbocycles. The van der Waals surface area contributed by atoms with Gasteiger partial charge in [-0.15, -0.1) is 22.7 Å². The molecule has 0 atom stereocenters. The largest absolute Gasteiger partial charge is 0.317 e. The minimum atomic E-state index is -2.11. The van der Waals surface area contributed by atoms with Gasteiger partial charge in [-0.1, -0.05) is 0 Å². The lowest BCUT2D eigenvalue weighted by molar-refractivity contribution is 1.12. The topological polar surface area (TPSA) is 53.9 Å². The summed E-state index contributed by atoms with van der Waals surface area (Å²) in [6.45, 7) is 11.7. The fourth-order valence-electron chi connectivity index (χ4n) is 3.04. The van der Waals surface area contributed by atoms with Crippen molar-refractivity contribution in [1.29, 1.82) is 5.26 Å². The van der Waals surface area contributed by atoms with Crippen LogP contribution in [-0.2, 0) is 0 Å². The van der Waals surface area contributed by atoms with Gasteiger partial charge in [0.15, 0.2) is 8.07 Å². The lowest BCUT2D eigenvalue weighted by atomic mass is 10.5. The fourth-order valence-corrected chi connectivity index (χ4v) is 11.0. The van der Waals surface area contributed by atoms with Crippen molar-refractivity contribution < 1.29 is 0 Å². The zero-order chi connectivity index (χ0) is 15.0. The van der Waals surface area contributed by atoms with E-state index in [4.69, 9.17) is 21.8 Å². The molecule has 21 heavy (non-hydrogen) atoms. The van der Waals surface area contributed by atoms with E-state index in [1.807, 2.05) is 13.8 Å². The first-order valence-corrected chi connectivity index (χ1v) is 10.8. The van der Waals surface area contributed by atoms with Crippen molar-refractivity contribution in [3.8, 4) is 15.8 Å². The van der Waals surface area contributed by atoms with Gasteiger partial charge < -0.3 is 4.85 Å². The first-order valence-electron chi connectivity index (χ1n) is 6.79. The van der Waals surface area contributed by atoms with Gasteiger partial charge in [0.2, 0.25) is 6.54 Å². The van der Waals surface area contributed by atoms with E-state index in [-0.39, 0.29) is 0 Å². The van der Waals surface area contributed by atoms with Gasteiger partial charge in [-0.25, -0.2) is 6.57 Å². The van der Waals surface area contributed by atoms with Crippen molar-refractivity contribution in [3.05, 3.63) is 21.4 Å². The van der Waals surface area contributed by atoms with E-state index < -0.39 is 8.07 Å². The van der Waals surface area contributed by atoms with Crippen LogP contribution in [0.5, 0.6) is 0 Å². The predicted molar refractivity (Wildman–Crippen MR) is 89.0 cm³/mol. The lowest BCUT2D eigenvalue weighted by Gasteiger charge is -2.22. The number of nitrogens with zero attached hydrogens (tertiary/aromatic N) is 4. The third kappa shape index (κ3) is 2.13. The van der Waals surface area contributed by atoms with Gasteiger partial charge in [0.1, 0.15) is 0 Å². The molecule has 0 fully saturated rings. The molecule has 0 aromatic carbocycles. The molecule has 0 unspecified atom stereocenters. The second-order valence-corrected chi connectivity index (χ2v) is 11.7. The van der Waals surface area contributed by atoms with Gasteiger partial charge in [0, 0.05) is 12.5 Å². The molecule has 4 nitrogen and oxygen atoms in total. The van der Waals surface area contributed by atoms with Gasteiger partial charge in [-0.2, -0.15) is 5.26 Å². The number of hydrogen-bond donors (Lipinski definition) is 0. The maximum Gasteiger partial charge on any atom is 0.213 e. The van der Waals surface area contributed by atoms with Crippen LogP contribution in [0.15, 0.2) is 0 Å². The van der Waals surface area contributed by atoms with Crippen molar-refractivity contribution >= 4 is 41.4 Å². The number of fused-ring (bicyclic) bond motifs is 3. The maximum atomic E-state index is 9.05. The quantitative estimate of drug-likeness (QED) is 0.639. The predicted octanol–water partition coefficient (Wildman–Crippen LogP) is 2.59. The minimum absolute atomic E-state index is 0.504. The van der Waals surface area contributed by atoms with Crippen LogP contribution in [0.1, 0.15) is 16.4 Å². The number of nitriles is 1. The molecule has 0 spiro atoms. The summed E-state index contributed by atoms with van der Waals surface area (Å²) >= 11 is 3.47. The van der Waals surface area contributed by atoms with E-state index >= 15 is 0 Å². The van der Waals surface area contributed by atoms with Crippen LogP contribution < -0.4 is 10.6 Å². The molecule has 2 aromatic heterocycles. The van der Waals surface area contributed by atoms with E-state index in [1.165, 1.54) is 20.4 Å². The van der Waals surface area contributed by atoms with Crippen LogP contribution in [0.2, 0.25) is 12.1 Å². The summed E-state index contributed by atoms with van der Waals surface area (Å²) < 4.78 is 0. The van der Waals surface area contributed by atoms with Gasteiger partial charge >= 0.3 is 0 Å². The summed E-state index contributed by atoms with van der Waals surface area (Å²) in [5.41, 5.74) is 0. The molecule has 0 saturated heterocycles. The Hall–Kier alpha value is -1.54. The van der Waals surface area contributed by atoms with Crippen molar-refractivity contribution in [2.24, 2.45) is 0 Å². The molecule has 0 saturated carbocycles. The Labute approximate surface area is 132 Å². The molecule has 0 amide bonds. The Balaban J connectivity index is 2.21. The Kier molecular flexibility index (Phi) is 3.66. The Bertz CT molecular complexity index is 712. The van der Waals surface area contributed by atoms with Crippen molar-refractivity contribution in [2.45, 2.75) is 32.4 Å². The number of aromatic nitrogens is 2. The first kappa shape index (κ1) is 14.4. The van der Waals surface area contributed by atoms with Gasteiger partial charge in [-0.3, -0.25) is 9.97 Å². The third-order valence-corrected chi connectivity index (χ3v) is 11.1. The summed E-state index contributed by atoms with van der Waals surface area (Å²) in [6.07, 6.45) is 0.524. The molecule has 106 valence electrons. The number of rotatable bonds is 4. The van der Waals surface area contributed by atoms with Crippen molar-refractivity contribution in [2.75, 3.05) is 6.54 Å². The fraction of sp³-hybridized carbons (Fsp3) is 0.429. The van der Waals surface area contributed by atoms with Crippen LogP contribution in [0.4, 0.5) is 0 Å². The van der Waals surface area contributed by atoms with Crippen LogP contribution >= 0.6 is 22.7 Å². The smallest absolute Gasteiger partial charge is 0.213 e. The third-order valence-electron chi connectivity index (χ3n) is 3.89. The van der Waals surface area contributed by atoms with Crippen LogP contribution in [0.25, 0.3) is 14.6 Å². The van der Waals surface area contributed by atoms with Crippen LogP contribution in [0.3, 0.4) is 0 Å². The van der Waals surface area contributed by atoms with Crippen molar-refractivity contribution in [1.82, 2.24) is 9.97 Å². The highest BCUT2D eigenvalue weighted by Gasteiger charge is 2.51. The standard InChI is InChI=1S/C14H14N4S2Si/c1-9-17-13-11(19-9)12-14(18-10(2)20-12)21(13,7-4-5-15)8-6-16-3/h4,6-8H2,1-2H3. The Morgan fingerprint density at radius 1 is 1.14 bits per heavy atom. The molecular weight excluding hydrogens is 316 g/mol. The zero-order valence-corrected chi connectivity index (χ0v) is 14.6. The summed E-state index contributed by atoms with van der Waals surface area (Å²) in [4.78, 5) is 15.7. The van der Waals surface area contributed by atoms with Gasteiger partial charge in [0.25, 0.3) is 0 Å². The molecule has 1 aliphatic rings. The maximum absolute atomic E-state index is 9.05. The number of thiazole rings is 2. The minimum Gasteiger partial charge on any atom is -0.317 e. The average Bonchev–Trinajstić information content (AvgIpc) is 3.07. The second-order valence-electron chi connectivity index (χ2n) is 5.19.